The number of aliphatic hydroxyl groups excluding tert-OH is 1. The molecule has 112 valence electrons. The van der Waals surface area contributed by atoms with E-state index in [0.29, 0.717) is 18.0 Å². The molecule has 0 aromatic heterocycles. The van der Waals surface area contributed by atoms with Crippen LogP contribution in [0.2, 0.25) is 0 Å². The van der Waals surface area contributed by atoms with Gasteiger partial charge in [-0.2, -0.15) is 0 Å². The van der Waals surface area contributed by atoms with Gasteiger partial charge in [-0.15, -0.1) is 0 Å². The van der Waals surface area contributed by atoms with E-state index in [1.54, 1.807) is 12.1 Å². The summed E-state index contributed by atoms with van der Waals surface area (Å²) in [5.74, 6) is -0.287. The van der Waals surface area contributed by atoms with E-state index in [0.717, 1.165) is 19.6 Å². The molecule has 3 nitrogen and oxygen atoms in total. The van der Waals surface area contributed by atoms with Crippen LogP contribution in [0.1, 0.15) is 30.9 Å². The smallest absolute Gasteiger partial charge is 0.123 e. The maximum absolute atomic E-state index is 13.1. The van der Waals surface area contributed by atoms with Crippen LogP contribution in [0.3, 0.4) is 0 Å². The molecule has 1 aliphatic heterocycles. The Kier molecular flexibility index (Phi) is 5.52. The molecule has 1 fully saturated rings. The minimum Gasteiger partial charge on any atom is -0.388 e. The standard InChI is InChI=1S/C16H25FN2O/c1-18-9-6-15(7-10-18)19(2)11-8-16(20)13-4-3-5-14(17)12-13/h3-5,12,15-16,20H,6-11H2,1-2H3. The summed E-state index contributed by atoms with van der Waals surface area (Å²) in [6.07, 6.45) is 2.43. The lowest BCUT2D eigenvalue weighted by molar-refractivity contribution is 0.110. The molecule has 0 radical (unpaired) electrons. The summed E-state index contributed by atoms with van der Waals surface area (Å²) in [6, 6.07) is 6.85. The third-order valence-electron chi connectivity index (χ3n) is 4.30. The number of halogens is 1. The van der Waals surface area contributed by atoms with Crippen molar-refractivity contribution in [2.75, 3.05) is 33.7 Å². The average molecular weight is 280 g/mol. The minimum absolute atomic E-state index is 0.287. The number of nitrogens with zero attached hydrogens (tertiary/aromatic N) is 2. The highest BCUT2D eigenvalue weighted by Gasteiger charge is 2.21. The summed E-state index contributed by atoms with van der Waals surface area (Å²) in [4.78, 5) is 4.68. The maximum Gasteiger partial charge on any atom is 0.123 e. The molecule has 0 spiro atoms. The van der Waals surface area contributed by atoms with Crippen molar-refractivity contribution in [3.05, 3.63) is 35.6 Å². The largest absolute Gasteiger partial charge is 0.388 e. The zero-order chi connectivity index (χ0) is 14.5. The van der Waals surface area contributed by atoms with E-state index >= 15 is 0 Å². The van der Waals surface area contributed by atoms with Gasteiger partial charge < -0.3 is 14.9 Å². The molecule has 1 unspecified atom stereocenters. The van der Waals surface area contributed by atoms with E-state index in [1.807, 2.05) is 0 Å². The molecule has 0 bridgehead atoms. The number of aliphatic hydroxyl groups is 1. The fraction of sp³-hybridized carbons (Fsp3) is 0.625. The number of rotatable bonds is 5. The summed E-state index contributed by atoms with van der Waals surface area (Å²) < 4.78 is 13.1. The van der Waals surface area contributed by atoms with Gasteiger partial charge in [0.1, 0.15) is 5.82 Å². The molecule has 1 aromatic rings. The second-order valence-corrected chi connectivity index (χ2v) is 5.87. The Morgan fingerprint density at radius 1 is 1.40 bits per heavy atom. The lowest BCUT2D eigenvalue weighted by atomic mass is 10.0. The molecule has 2 rings (SSSR count). The number of piperidine rings is 1. The average Bonchev–Trinajstić information content (AvgIpc) is 2.45. The van der Waals surface area contributed by atoms with Crippen molar-refractivity contribution in [3.8, 4) is 0 Å². The molecule has 1 heterocycles. The number of benzene rings is 1. The van der Waals surface area contributed by atoms with Gasteiger partial charge in [0.15, 0.2) is 0 Å². The normalized spacial score (nSPS) is 19.4. The van der Waals surface area contributed by atoms with E-state index in [2.05, 4.69) is 23.9 Å². The van der Waals surface area contributed by atoms with E-state index in [9.17, 15) is 9.50 Å². The fourth-order valence-electron chi connectivity index (χ4n) is 2.82. The van der Waals surface area contributed by atoms with Gasteiger partial charge in [0.05, 0.1) is 6.10 Å². The van der Waals surface area contributed by atoms with Crippen LogP contribution in [0, 0.1) is 5.82 Å². The number of hydrogen-bond acceptors (Lipinski definition) is 3. The van der Waals surface area contributed by atoms with Crippen LogP contribution in [0.5, 0.6) is 0 Å². The van der Waals surface area contributed by atoms with Crippen molar-refractivity contribution in [2.24, 2.45) is 0 Å². The van der Waals surface area contributed by atoms with Gasteiger partial charge in [0, 0.05) is 12.6 Å². The zero-order valence-electron chi connectivity index (χ0n) is 12.4. The van der Waals surface area contributed by atoms with Crippen molar-refractivity contribution >= 4 is 0 Å². The quantitative estimate of drug-likeness (QED) is 0.896. The third-order valence-corrected chi connectivity index (χ3v) is 4.30. The predicted octanol–water partition coefficient (Wildman–Crippen LogP) is 2.28. The van der Waals surface area contributed by atoms with Crippen LogP contribution in [0.25, 0.3) is 0 Å². The Labute approximate surface area is 121 Å². The predicted molar refractivity (Wildman–Crippen MR) is 79.1 cm³/mol. The van der Waals surface area contributed by atoms with Crippen LogP contribution in [0.15, 0.2) is 24.3 Å². The fourth-order valence-corrected chi connectivity index (χ4v) is 2.82. The van der Waals surface area contributed by atoms with Crippen LogP contribution >= 0.6 is 0 Å². The molecule has 20 heavy (non-hydrogen) atoms. The molecule has 1 aromatic carbocycles. The van der Waals surface area contributed by atoms with Crippen molar-refractivity contribution in [1.29, 1.82) is 0 Å². The molecule has 1 aliphatic rings. The Hall–Kier alpha value is -0.970. The first-order valence-electron chi connectivity index (χ1n) is 7.38. The van der Waals surface area contributed by atoms with Crippen molar-refractivity contribution in [2.45, 2.75) is 31.4 Å². The van der Waals surface area contributed by atoms with Gasteiger partial charge in [0.25, 0.3) is 0 Å². The highest BCUT2D eigenvalue weighted by Crippen LogP contribution is 2.20. The summed E-state index contributed by atoms with van der Waals surface area (Å²) in [7, 11) is 4.28. The highest BCUT2D eigenvalue weighted by molar-refractivity contribution is 5.18. The number of hydrogen-bond donors (Lipinski definition) is 1. The highest BCUT2D eigenvalue weighted by atomic mass is 19.1. The SMILES string of the molecule is CN1CCC(N(C)CCC(O)c2cccc(F)c2)CC1. The lowest BCUT2D eigenvalue weighted by Crippen LogP contribution is -2.42. The monoisotopic (exact) mass is 280 g/mol. The first kappa shape index (κ1) is 15.4. The van der Waals surface area contributed by atoms with Crippen molar-refractivity contribution < 1.29 is 9.50 Å². The topological polar surface area (TPSA) is 26.7 Å². The third kappa shape index (κ3) is 4.27. The molecular formula is C16H25FN2O. The van der Waals surface area contributed by atoms with Crippen molar-refractivity contribution in [3.63, 3.8) is 0 Å². The molecule has 1 atom stereocenters. The first-order valence-corrected chi connectivity index (χ1v) is 7.38. The van der Waals surface area contributed by atoms with Crippen LogP contribution in [0.4, 0.5) is 4.39 Å². The molecular weight excluding hydrogens is 255 g/mol. The molecule has 0 aliphatic carbocycles. The van der Waals surface area contributed by atoms with Gasteiger partial charge in [-0.3, -0.25) is 0 Å². The van der Waals surface area contributed by atoms with Gasteiger partial charge in [-0.1, -0.05) is 12.1 Å². The number of likely N-dealkylation sites (tertiary alicyclic amines) is 1. The van der Waals surface area contributed by atoms with Crippen LogP contribution in [-0.4, -0.2) is 54.7 Å². The first-order chi connectivity index (χ1) is 9.56. The minimum atomic E-state index is -0.584. The molecule has 0 amide bonds. The second-order valence-electron chi connectivity index (χ2n) is 5.87. The molecule has 1 N–H and O–H groups in total. The maximum atomic E-state index is 13.1. The molecule has 4 heteroatoms. The summed E-state index contributed by atoms with van der Waals surface area (Å²) in [5.41, 5.74) is 0.668. The van der Waals surface area contributed by atoms with Crippen molar-refractivity contribution in [1.82, 2.24) is 9.80 Å². The summed E-state index contributed by atoms with van der Waals surface area (Å²) >= 11 is 0. The molecule has 1 saturated heterocycles. The lowest BCUT2D eigenvalue weighted by Gasteiger charge is -2.35. The van der Waals surface area contributed by atoms with E-state index in [-0.39, 0.29) is 5.82 Å². The van der Waals surface area contributed by atoms with Gasteiger partial charge >= 0.3 is 0 Å². The van der Waals surface area contributed by atoms with Gasteiger partial charge in [-0.05, 0) is 64.1 Å². The summed E-state index contributed by atoms with van der Waals surface area (Å²) in [5, 5.41) is 10.1. The molecule has 0 saturated carbocycles. The second kappa shape index (κ2) is 7.16. The van der Waals surface area contributed by atoms with E-state index < -0.39 is 6.10 Å². The Balaban J connectivity index is 1.79. The van der Waals surface area contributed by atoms with E-state index in [1.165, 1.54) is 25.0 Å². The zero-order valence-corrected chi connectivity index (χ0v) is 12.4. The Bertz CT molecular complexity index is 419. The van der Waals surface area contributed by atoms with E-state index in [4.69, 9.17) is 0 Å². The Morgan fingerprint density at radius 3 is 2.75 bits per heavy atom. The summed E-state index contributed by atoms with van der Waals surface area (Å²) in [6.45, 7) is 3.12. The van der Waals surface area contributed by atoms with Crippen LogP contribution in [-0.2, 0) is 0 Å². The van der Waals surface area contributed by atoms with Crippen LogP contribution < -0.4 is 0 Å². The van der Waals surface area contributed by atoms with Gasteiger partial charge in [0.2, 0.25) is 0 Å². The van der Waals surface area contributed by atoms with Gasteiger partial charge in [-0.25, -0.2) is 4.39 Å². The Morgan fingerprint density at radius 2 is 2.10 bits per heavy atom.